The van der Waals surface area contributed by atoms with Crippen LogP contribution in [0.1, 0.15) is 49.0 Å². The second-order valence-electron chi connectivity index (χ2n) is 8.85. The van der Waals surface area contributed by atoms with Crippen LogP contribution in [0.25, 0.3) is 27.9 Å². The monoisotopic (exact) mass is 504 g/mol. The van der Waals surface area contributed by atoms with Crippen LogP contribution in [0.15, 0.2) is 64.6 Å². The van der Waals surface area contributed by atoms with E-state index in [0.29, 0.717) is 46.5 Å². The van der Waals surface area contributed by atoms with E-state index >= 15 is 0 Å². The van der Waals surface area contributed by atoms with Crippen LogP contribution in [-0.4, -0.2) is 37.5 Å². The lowest BCUT2D eigenvalue weighted by atomic mass is 9.92. The van der Waals surface area contributed by atoms with Crippen molar-refractivity contribution in [1.29, 1.82) is 0 Å². The van der Waals surface area contributed by atoms with Gasteiger partial charge in [-0.1, -0.05) is 12.1 Å². The average molecular weight is 505 g/mol. The molecule has 3 aromatic rings. The van der Waals surface area contributed by atoms with Gasteiger partial charge < -0.3 is 19.8 Å². The molecule has 2 amide bonds. The predicted molar refractivity (Wildman–Crippen MR) is 139 cm³/mol. The van der Waals surface area contributed by atoms with E-state index in [4.69, 9.17) is 9.15 Å². The molecule has 7 nitrogen and oxygen atoms in total. The first kappa shape index (κ1) is 25.9. The first-order valence-corrected chi connectivity index (χ1v) is 12.2. The maximum absolute atomic E-state index is 13.5. The number of halogens is 1. The van der Waals surface area contributed by atoms with Crippen molar-refractivity contribution in [2.24, 2.45) is 0 Å². The molecule has 0 saturated heterocycles. The van der Waals surface area contributed by atoms with Gasteiger partial charge in [0.1, 0.15) is 17.2 Å². The molecular formula is C29H29FN2O5. The fraction of sp³-hybridized carbons (Fsp3) is 0.276. The zero-order chi connectivity index (χ0) is 26.5. The Balaban J connectivity index is 1.64. The summed E-state index contributed by atoms with van der Waals surface area (Å²) >= 11 is 0. The van der Waals surface area contributed by atoms with E-state index in [-0.39, 0.29) is 36.1 Å². The molecule has 1 aromatic heterocycles. The summed E-state index contributed by atoms with van der Waals surface area (Å²) in [5, 5.41) is 6.13. The van der Waals surface area contributed by atoms with E-state index in [1.54, 1.807) is 39.1 Å². The quantitative estimate of drug-likeness (QED) is 0.413. The largest absolute Gasteiger partial charge is 0.466 e. The number of nitrogens with one attached hydrogen (secondary N) is 2. The minimum atomic E-state index is -0.379. The molecule has 1 atom stereocenters. The number of hydrogen-bond donors (Lipinski definition) is 2. The minimum absolute atomic E-state index is 0.0965. The van der Waals surface area contributed by atoms with Gasteiger partial charge in [-0.3, -0.25) is 14.4 Å². The van der Waals surface area contributed by atoms with Crippen LogP contribution in [0.4, 0.5) is 4.39 Å². The molecule has 0 fully saturated rings. The van der Waals surface area contributed by atoms with Crippen LogP contribution < -0.4 is 10.6 Å². The average Bonchev–Trinajstić information content (AvgIpc) is 3.27. The second-order valence-corrected chi connectivity index (χ2v) is 8.85. The highest BCUT2D eigenvalue weighted by molar-refractivity contribution is 6.11. The van der Waals surface area contributed by atoms with E-state index in [0.717, 1.165) is 17.6 Å². The van der Waals surface area contributed by atoms with Gasteiger partial charge in [-0.25, -0.2) is 4.39 Å². The normalized spacial score (nSPS) is 13.9. The fourth-order valence-electron chi connectivity index (χ4n) is 4.37. The lowest BCUT2D eigenvalue weighted by Crippen LogP contribution is -2.35. The summed E-state index contributed by atoms with van der Waals surface area (Å²) in [6.07, 6.45) is 5.19. The van der Waals surface area contributed by atoms with Crippen LogP contribution >= 0.6 is 0 Å². The van der Waals surface area contributed by atoms with Crippen molar-refractivity contribution in [3.63, 3.8) is 0 Å². The topological polar surface area (TPSA) is 97.6 Å². The zero-order valence-electron chi connectivity index (χ0n) is 21.0. The number of hydrogen-bond acceptors (Lipinski definition) is 5. The highest BCUT2D eigenvalue weighted by Gasteiger charge is 2.23. The third kappa shape index (κ3) is 5.80. The van der Waals surface area contributed by atoms with Crippen molar-refractivity contribution in [2.45, 2.75) is 39.2 Å². The number of carbonyl (C=O) groups is 3. The van der Waals surface area contributed by atoms with E-state index in [1.165, 1.54) is 12.1 Å². The molecule has 2 aromatic carbocycles. The van der Waals surface area contributed by atoms with Crippen molar-refractivity contribution < 1.29 is 27.9 Å². The Morgan fingerprint density at radius 1 is 1.08 bits per heavy atom. The summed E-state index contributed by atoms with van der Waals surface area (Å²) in [5.41, 5.74) is 3.81. The number of fused-ring (bicyclic) bond motifs is 1. The molecule has 0 spiro atoms. The van der Waals surface area contributed by atoms with Gasteiger partial charge in [0.25, 0.3) is 11.8 Å². The molecule has 192 valence electrons. The first-order valence-electron chi connectivity index (χ1n) is 12.2. The Hall–Kier alpha value is -4.20. The summed E-state index contributed by atoms with van der Waals surface area (Å²) in [5.74, 6) is -0.952. The summed E-state index contributed by atoms with van der Waals surface area (Å²) in [4.78, 5) is 37.4. The molecule has 1 heterocycles. The third-order valence-corrected chi connectivity index (χ3v) is 6.14. The second kappa shape index (κ2) is 11.2. The maximum atomic E-state index is 13.5. The third-order valence-electron chi connectivity index (χ3n) is 6.14. The summed E-state index contributed by atoms with van der Waals surface area (Å²) in [7, 11) is 1.54. The molecule has 0 bridgehead atoms. The van der Waals surface area contributed by atoms with Gasteiger partial charge in [0.05, 0.1) is 18.6 Å². The number of benzene rings is 2. The number of rotatable bonds is 8. The van der Waals surface area contributed by atoms with Gasteiger partial charge in [0, 0.05) is 29.6 Å². The van der Waals surface area contributed by atoms with Crippen LogP contribution in [0.2, 0.25) is 0 Å². The molecule has 1 aliphatic rings. The molecule has 37 heavy (non-hydrogen) atoms. The number of allylic oxidation sites excluding steroid dienone is 2. The van der Waals surface area contributed by atoms with Gasteiger partial charge in [-0.15, -0.1) is 0 Å². The van der Waals surface area contributed by atoms with Crippen LogP contribution in [-0.2, 0) is 14.3 Å². The molecule has 0 aliphatic heterocycles. The molecular weight excluding hydrogens is 475 g/mol. The molecule has 4 rings (SSSR count). The van der Waals surface area contributed by atoms with Crippen molar-refractivity contribution >= 4 is 34.3 Å². The molecule has 1 unspecified atom stereocenters. The van der Waals surface area contributed by atoms with E-state index < -0.39 is 0 Å². The highest BCUT2D eigenvalue weighted by Crippen LogP contribution is 2.36. The van der Waals surface area contributed by atoms with Crippen LogP contribution in [0.3, 0.4) is 0 Å². The Labute approximate surface area is 214 Å². The van der Waals surface area contributed by atoms with Gasteiger partial charge in [-0.2, -0.15) is 0 Å². The molecule has 2 N–H and O–H groups in total. The lowest BCUT2D eigenvalue weighted by molar-refractivity contribution is -0.143. The summed E-state index contributed by atoms with van der Waals surface area (Å²) in [6, 6.07) is 11.0. The van der Waals surface area contributed by atoms with Crippen molar-refractivity contribution in [3.8, 4) is 11.3 Å². The van der Waals surface area contributed by atoms with Crippen LogP contribution in [0, 0.1) is 5.82 Å². The standard InChI is InChI=1S/C29H29FN2O5/c1-4-36-25(33)14-17(2)32-28(34)21-7-5-6-19(15-21)20-10-13-24-23(16-20)26(29(35)31-3)27(37-24)18-8-11-22(30)12-9-18/h7-13,15-17H,4-6,14H2,1-3H3,(H,31,35)(H,32,34). The Morgan fingerprint density at radius 2 is 1.81 bits per heavy atom. The van der Waals surface area contributed by atoms with Gasteiger partial charge in [-0.05, 0) is 80.3 Å². The van der Waals surface area contributed by atoms with Crippen molar-refractivity contribution in [3.05, 3.63) is 77.1 Å². The number of amides is 2. The number of esters is 1. The SMILES string of the molecule is CCOC(=O)CC(C)NC(=O)C1=CCCC(c2ccc3oc(-c4ccc(F)cc4)c(C(=O)NC)c3c2)=C1. The van der Waals surface area contributed by atoms with Crippen molar-refractivity contribution in [2.75, 3.05) is 13.7 Å². The van der Waals surface area contributed by atoms with Gasteiger partial charge in [0.15, 0.2) is 0 Å². The maximum Gasteiger partial charge on any atom is 0.307 e. The molecule has 0 radical (unpaired) electrons. The smallest absolute Gasteiger partial charge is 0.307 e. The zero-order valence-corrected chi connectivity index (χ0v) is 21.0. The summed E-state index contributed by atoms with van der Waals surface area (Å²) < 4.78 is 24.4. The minimum Gasteiger partial charge on any atom is -0.466 e. The molecule has 1 aliphatic carbocycles. The van der Waals surface area contributed by atoms with E-state index in [9.17, 15) is 18.8 Å². The number of carbonyl (C=O) groups excluding carboxylic acids is 3. The number of ether oxygens (including phenoxy) is 1. The number of furan rings is 1. The van der Waals surface area contributed by atoms with Gasteiger partial charge in [0.2, 0.25) is 0 Å². The summed E-state index contributed by atoms with van der Waals surface area (Å²) in [6.45, 7) is 3.79. The Morgan fingerprint density at radius 3 is 2.51 bits per heavy atom. The van der Waals surface area contributed by atoms with Crippen molar-refractivity contribution in [1.82, 2.24) is 10.6 Å². The first-order chi connectivity index (χ1) is 17.8. The van der Waals surface area contributed by atoms with E-state index in [1.807, 2.05) is 24.3 Å². The fourth-order valence-corrected chi connectivity index (χ4v) is 4.37. The highest BCUT2D eigenvalue weighted by atomic mass is 19.1. The predicted octanol–water partition coefficient (Wildman–Crippen LogP) is 5.16. The molecule has 0 saturated carbocycles. The molecule has 8 heteroatoms. The van der Waals surface area contributed by atoms with Crippen LogP contribution in [0.5, 0.6) is 0 Å². The Bertz CT molecular complexity index is 1400. The van der Waals surface area contributed by atoms with Gasteiger partial charge >= 0.3 is 5.97 Å². The lowest BCUT2D eigenvalue weighted by Gasteiger charge is -2.17. The van der Waals surface area contributed by atoms with E-state index in [2.05, 4.69) is 10.6 Å². The Kier molecular flexibility index (Phi) is 7.86.